The van der Waals surface area contributed by atoms with E-state index in [4.69, 9.17) is 4.74 Å². The Bertz CT molecular complexity index is 316. The van der Waals surface area contributed by atoms with Crippen LogP contribution in [0.4, 0.5) is 4.79 Å². The molecule has 0 radical (unpaired) electrons. The second-order valence-corrected chi connectivity index (χ2v) is 8.27. The van der Waals surface area contributed by atoms with E-state index in [1.165, 1.54) is 19.3 Å². The minimum atomic E-state index is -0.361. The first-order valence-electron chi connectivity index (χ1n) is 9.30. The van der Waals surface area contributed by atoms with Gasteiger partial charge in [-0.1, -0.05) is 34.1 Å². The van der Waals surface area contributed by atoms with Gasteiger partial charge in [0.2, 0.25) is 0 Å². The highest BCUT2D eigenvalue weighted by atomic mass is 16.6. The molecule has 0 aromatic rings. The van der Waals surface area contributed by atoms with Crippen LogP contribution in [-0.2, 0) is 4.74 Å². The predicted molar refractivity (Wildman–Crippen MR) is 98.9 cm³/mol. The van der Waals surface area contributed by atoms with E-state index in [1.807, 2.05) is 20.8 Å². The van der Waals surface area contributed by atoms with Gasteiger partial charge in [0.25, 0.3) is 0 Å². The molecule has 0 spiro atoms. The molecule has 0 atom stereocenters. The Morgan fingerprint density at radius 3 is 2.04 bits per heavy atom. The van der Waals surface area contributed by atoms with Gasteiger partial charge in [0, 0.05) is 19.6 Å². The van der Waals surface area contributed by atoms with Crippen LogP contribution >= 0.6 is 0 Å². The molecule has 1 heterocycles. The van der Waals surface area contributed by atoms with Crippen molar-refractivity contribution in [2.75, 3.05) is 26.2 Å². The molecule has 4 nitrogen and oxygen atoms in total. The Morgan fingerprint density at radius 2 is 1.61 bits per heavy atom. The number of ether oxygens (including phenoxy) is 1. The van der Waals surface area contributed by atoms with Gasteiger partial charge >= 0.3 is 6.09 Å². The van der Waals surface area contributed by atoms with Gasteiger partial charge in [0.1, 0.15) is 5.60 Å². The van der Waals surface area contributed by atoms with Gasteiger partial charge in [0.05, 0.1) is 0 Å². The summed E-state index contributed by atoms with van der Waals surface area (Å²) >= 11 is 0. The maximum atomic E-state index is 11.4. The summed E-state index contributed by atoms with van der Waals surface area (Å²) in [6.07, 6.45) is 5.91. The van der Waals surface area contributed by atoms with E-state index in [1.54, 1.807) is 4.90 Å². The number of likely N-dealkylation sites (tertiary alicyclic amines) is 1. The molecule has 0 aliphatic carbocycles. The Labute approximate surface area is 144 Å². The van der Waals surface area contributed by atoms with Crippen molar-refractivity contribution < 1.29 is 9.53 Å². The first kappa shape index (κ1) is 22.2. The van der Waals surface area contributed by atoms with E-state index < -0.39 is 0 Å². The van der Waals surface area contributed by atoms with Crippen LogP contribution in [0.1, 0.15) is 80.6 Å². The summed E-state index contributed by atoms with van der Waals surface area (Å²) in [6.45, 7) is 18.8. The highest BCUT2D eigenvalue weighted by Gasteiger charge is 2.23. The molecule has 1 aliphatic rings. The molecular weight excluding hydrogens is 288 g/mol. The van der Waals surface area contributed by atoms with Gasteiger partial charge in [-0.05, 0) is 58.4 Å². The monoisotopic (exact) mass is 328 g/mol. The van der Waals surface area contributed by atoms with Crippen LogP contribution in [0.2, 0.25) is 0 Å². The van der Waals surface area contributed by atoms with Gasteiger partial charge in [-0.15, -0.1) is 0 Å². The standard InChI is InChI=1S/C10H23N.C9H17NO2/c1-5-7-10(3,4)9-11-8-6-2;1-9(2,3)12-8(11)10-6-4-5-7-10/h11H,5-9H2,1-4H3;4-7H2,1-3H3. The predicted octanol–water partition coefficient (Wildman–Crippen LogP) is 4.83. The van der Waals surface area contributed by atoms with Crippen LogP contribution < -0.4 is 5.32 Å². The van der Waals surface area contributed by atoms with Gasteiger partial charge in [-0.3, -0.25) is 0 Å². The van der Waals surface area contributed by atoms with Crippen LogP contribution in [0.25, 0.3) is 0 Å². The summed E-state index contributed by atoms with van der Waals surface area (Å²) < 4.78 is 5.21. The van der Waals surface area contributed by atoms with E-state index in [2.05, 4.69) is 33.0 Å². The highest BCUT2D eigenvalue weighted by Crippen LogP contribution is 2.20. The lowest BCUT2D eigenvalue weighted by molar-refractivity contribution is 0.0295. The Kier molecular flexibility index (Phi) is 10.5. The third-order valence-corrected chi connectivity index (χ3v) is 3.71. The quantitative estimate of drug-likeness (QED) is 0.710. The van der Waals surface area contributed by atoms with Crippen molar-refractivity contribution in [3.05, 3.63) is 0 Å². The number of amides is 1. The fourth-order valence-corrected chi connectivity index (χ4v) is 2.59. The molecule has 0 bridgehead atoms. The minimum Gasteiger partial charge on any atom is -0.444 e. The maximum absolute atomic E-state index is 11.4. The van der Waals surface area contributed by atoms with Crippen molar-refractivity contribution in [1.82, 2.24) is 10.2 Å². The van der Waals surface area contributed by atoms with Crippen molar-refractivity contribution >= 4 is 6.09 Å². The lowest BCUT2D eigenvalue weighted by Gasteiger charge is -2.24. The van der Waals surface area contributed by atoms with Crippen LogP contribution in [0.3, 0.4) is 0 Å². The number of nitrogens with zero attached hydrogens (tertiary/aromatic N) is 1. The lowest BCUT2D eigenvalue weighted by atomic mass is 9.88. The molecule has 138 valence electrons. The van der Waals surface area contributed by atoms with Gasteiger partial charge in [-0.25, -0.2) is 4.79 Å². The topological polar surface area (TPSA) is 41.6 Å². The first-order chi connectivity index (χ1) is 10.6. The second-order valence-electron chi connectivity index (χ2n) is 8.27. The average Bonchev–Trinajstić information content (AvgIpc) is 2.91. The minimum absolute atomic E-state index is 0.167. The van der Waals surface area contributed by atoms with Crippen molar-refractivity contribution in [2.24, 2.45) is 5.41 Å². The van der Waals surface area contributed by atoms with Crippen molar-refractivity contribution in [2.45, 2.75) is 86.2 Å². The molecule has 1 aliphatic heterocycles. The number of rotatable bonds is 6. The van der Waals surface area contributed by atoms with E-state index in [0.717, 1.165) is 39.0 Å². The summed E-state index contributed by atoms with van der Waals surface area (Å²) in [4.78, 5) is 13.1. The summed E-state index contributed by atoms with van der Waals surface area (Å²) in [6, 6.07) is 0. The van der Waals surface area contributed by atoms with Gasteiger partial charge < -0.3 is 15.0 Å². The molecule has 1 saturated heterocycles. The fourth-order valence-electron chi connectivity index (χ4n) is 2.59. The summed E-state index contributed by atoms with van der Waals surface area (Å²) in [5.74, 6) is 0. The molecule has 0 saturated carbocycles. The number of carbonyl (C=O) groups is 1. The zero-order valence-electron chi connectivity index (χ0n) is 16.6. The Balaban J connectivity index is 0.000000423. The van der Waals surface area contributed by atoms with Crippen molar-refractivity contribution in [3.63, 3.8) is 0 Å². The van der Waals surface area contributed by atoms with Crippen molar-refractivity contribution in [1.29, 1.82) is 0 Å². The zero-order valence-corrected chi connectivity index (χ0v) is 16.6. The van der Waals surface area contributed by atoms with E-state index in [9.17, 15) is 4.79 Å². The Morgan fingerprint density at radius 1 is 1.04 bits per heavy atom. The number of nitrogens with one attached hydrogen (secondary N) is 1. The zero-order chi connectivity index (χ0) is 17.9. The molecule has 4 heteroatoms. The fraction of sp³-hybridized carbons (Fsp3) is 0.947. The molecule has 1 rings (SSSR count). The molecule has 1 N–H and O–H groups in total. The maximum Gasteiger partial charge on any atom is 0.410 e. The van der Waals surface area contributed by atoms with Gasteiger partial charge in [0.15, 0.2) is 0 Å². The van der Waals surface area contributed by atoms with E-state index in [-0.39, 0.29) is 11.7 Å². The van der Waals surface area contributed by atoms with Crippen LogP contribution in [0, 0.1) is 5.41 Å². The van der Waals surface area contributed by atoms with E-state index >= 15 is 0 Å². The van der Waals surface area contributed by atoms with E-state index in [0.29, 0.717) is 5.41 Å². The molecule has 23 heavy (non-hydrogen) atoms. The Hall–Kier alpha value is -0.770. The molecule has 0 aromatic carbocycles. The lowest BCUT2D eigenvalue weighted by Crippen LogP contribution is -2.34. The third kappa shape index (κ3) is 12.3. The van der Waals surface area contributed by atoms with Crippen LogP contribution in [-0.4, -0.2) is 42.8 Å². The molecule has 1 fully saturated rings. The highest BCUT2D eigenvalue weighted by molar-refractivity contribution is 5.68. The van der Waals surface area contributed by atoms with Crippen molar-refractivity contribution in [3.8, 4) is 0 Å². The summed E-state index contributed by atoms with van der Waals surface area (Å²) in [5, 5.41) is 3.46. The number of carbonyl (C=O) groups excluding carboxylic acids is 1. The average molecular weight is 329 g/mol. The first-order valence-corrected chi connectivity index (χ1v) is 9.30. The van der Waals surface area contributed by atoms with Crippen LogP contribution in [0.15, 0.2) is 0 Å². The molecule has 1 amide bonds. The smallest absolute Gasteiger partial charge is 0.410 e. The molecule has 0 aromatic heterocycles. The SMILES string of the molecule is CC(C)(C)OC(=O)N1CCCC1.CCCNCC(C)(C)CCC. The third-order valence-electron chi connectivity index (χ3n) is 3.71. The summed E-state index contributed by atoms with van der Waals surface area (Å²) in [5.41, 5.74) is 0.129. The number of hydrogen-bond acceptors (Lipinski definition) is 3. The second kappa shape index (κ2) is 10.9. The molecular formula is C19H40N2O2. The largest absolute Gasteiger partial charge is 0.444 e. The number of hydrogen-bond donors (Lipinski definition) is 1. The van der Waals surface area contributed by atoms with Gasteiger partial charge in [-0.2, -0.15) is 0 Å². The summed E-state index contributed by atoms with van der Waals surface area (Å²) in [7, 11) is 0. The van der Waals surface area contributed by atoms with Crippen LogP contribution in [0.5, 0.6) is 0 Å². The normalized spacial score (nSPS) is 15.2. The molecule has 0 unspecified atom stereocenters.